The first kappa shape index (κ1) is 15.9. The van der Waals surface area contributed by atoms with Gasteiger partial charge >= 0.3 is 0 Å². The molecule has 1 atom stereocenters. The molecule has 1 aliphatic carbocycles. The number of nitrogens with zero attached hydrogens (tertiary/aromatic N) is 1. The van der Waals surface area contributed by atoms with E-state index in [-0.39, 0.29) is 29.7 Å². The molecule has 19 heavy (non-hydrogen) atoms. The molecule has 0 fully saturated rings. The lowest BCUT2D eigenvalue weighted by molar-refractivity contribution is 0.0871. The van der Waals surface area contributed by atoms with Crippen molar-refractivity contribution in [2.45, 2.75) is 12.8 Å². The van der Waals surface area contributed by atoms with Gasteiger partial charge in [0.15, 0.2) is 5.78 Å². The standard InChI is InChI=1S/C14H18FNO2.ClH/c1-16(2)8-9-4-5-10-12(18-3)7-6-11(15)13(10)14(9)17;/h6-7,9H,4-5,8H2,1-3H3;1H. The number of halogens is 2. The molecule has 1 unspecified atom stereocenters. The van der Waals surface area contributed by atoms with Crippen molar-refractivity contribution in [1.29, 1.82) is 0 Å². The number of carbonyl (C=O) groups excluding carboxylic acids is 1. The molecular formula is C14H19ClFNO2. The molecule has 0 spiro atoms. The number of ether oxygens (including phenoxy) is 1. The smallest absolute Gasteiger partial charge is 0.170 e. The van der Waals surface area contributed by atoms with E-state index in [4.69, 9.17) is 4.74 Å². The summed E-state index contributed by atoms with van der Waals surface area (Å²) in [6, 6.07) is 2.90. The van der Waals surface area contributed by atoms with Crippen LogP contribution in [-0.2, 0) is 6.42 Å². The van der Waals surface area contributed by atoms with Gasteiger partial charge < -0.3 is 9.64 Å². The number of hydrogen-bond donors (Lipinski definition) is 0. The normalized spacial score (nSPS) is 17.9. The van der Waals surface area contributed by atoms with Gasteiger partial charge in [0, 0.05) is 18.0 Å². The zero-order chi connectivity index (χ0) is 13.3. The molecule has 0 radical (unpaired) electrons. The van der Waals surface area contributed by atoms with Gasteiger partial charge in [0.1, 0.15) is 11.6 Å². The van der Waals surface area contributed by atoms with E-state index in [9.17, 15) is 9.18 Å². The second-order valence-corrected chi connectivity index (χ2v) is 4.97. The Morgan fingerprint density at radius 3 is 2.68 bits per heavy atom. The predicted molar refractivity (Wildman–Crippen MR) is 74.9 cm³/mol. The first-order chi connectivity index (χ1) is 8.54. The lowest BCUT2D eigenvalue weighted by atomic mass is 9.81. The molecule has 5 heteroatoms. The summed E-state index contributed by atoms with van der Waals surface area (Å²) in [5.41, 5.74) is 0.949. The summed E-state index contributed by atoms with van der Waals surface area (Å²) >= 11 is 0. The first-order valence-corrected chi connectivity index (χ1v) is 6.09. The maximum Gasteiger partial charge on any atom is 0.170 e. The van der Waals surface area contributed by atoms with Crippen molar-refractivity contribution in [2.24, 2.45) is 5.92 Å². The molecule has 0 N–H and O–H groups in total. The van der Waals surface area contributed by atoms with E-state index < -0.39 is 5.82 Å². The maximum atomic E-state index is 13.9. The van der Waals surface area contributed by atoms with Crippen molar-refractivity contribution in [1.82, 2.24) is 4.90 Å². The first-order valence-electron chi connectivity index (χ1n) is 6.09. The summed E-state index contributed by atoms with van der Waals surface area (Å²) in [6.45, 7) is 0.662. The number of fused-ring (bicyclic) bond motifs is 1. The molecule has 1 aromatic rings. The Bertz CT molecular complexity index is 477. The van der Waals surface area contributed by atoms with Crippen molar-refractivity contribution in [3.05, 3.63) is 29.1 Å². The van der Waals surface area contributed by atoms with Gasteiger partial charge in [0.25, 0.3) is 0 Å². The van der Waals surface area contributed by atoms with E-state index in [0.29, 0.717) is 18.7 Å². The number of carbonyl (C=O) groups is 1. The minimum absolute atomic E-state index is 0. The molecule has 0 saturated carbocycles. The van der Waals surface area contributed by atoms with Crippen molar-refractivity contribution in [2.75, 3.05) is 27.7 Å². The highest BCUT2D eigenvalue weighted by Gasteiger charge is 2.32. The highest BCUT2D eigenvalue weighted by atomic mass is 35.5. The maximum absolute atomic E-state index is 13.9. The van der Waals surface area contributed by atoms with Crippen LogP contribution in [-0.4, -0.2) is 38.4 Å². The monoisotopic (exact) mass is 287 g/mol. The molecular weight excluding hydrogens is 269 g/mol. The third-order valence-electron chi connectivity index (χ3n) is 3.38. The van der Waals surface area contributed by atoms with Crippen LogP contribution in [0.15, 0.2) is 12.1 Å². The van der Waals surface area contributed by atoms with Crippen LogP contribution in [0.2, 0.25) is 0 Å². The van der Waals surface area contributed by atoms with Crippen LogP contribution in [0, 0.1) is 11.7 Å². The van der Waals surface area contributed by atoms with Crippen LogP contribution in [0.25, 0.3) is 0 Å². The molecule has 106 valence electrons. The van der Waals surface area contributed by atoms with Gasteiger partial charge in [-0.1, -0.05) is 0 Å². The van der Waals surface area contributed by atoms with Crippen LogP contribution >= 0.6 is 12.4 Å². The Kier molecular flexibility index (Phi) is 5.32. The average Bonchev–Trinajstić information content (AvgIpc) is 2.32. The van der Waals surface area contributed by atoms with E-state index in [1.165, 1.54) is 6.07 Å². The zero-order valence-corrected chi connectivity index (χ0v) is 12.2. The fourth-order valence-electron chi connectivity index (χ4n) is 2.57. The van der Waals surface area contributed by atoms with Crippen molar-refractivity contribution < 1.29 is 13.9 Å². The summed E-state index contributed by atoms with van der Waals surface area (Å²) in [5.74, 6) is -0.0298. The van der Waals surface area contributed by atoms with Gasteiger partial charge in [-0.25, -0.2) is 4.39 Å². The Labute approximate surface area is 119 Å². The Balaban J connectivity index is 0.00000180. The van der Waals surface area contributed by atoms with Gasteiger partial charge in [-0.2, -0.15) is 0 Å². The Morgan fingerprint density at radius 2 is 2.11 bits per heavy atom. The molecule has 0 saturated heterocycles. The molecule has 0 aromatic heterocycles. The minimum atomic E-state index is -0.431. The molecule has 0 amide bonds. The second-order valence-electron chi connectivity index (χ2n) is 4.97. The average molecular weight is 288 g/mol. The third kappa shape index (κ3) is 3.07. The van der Waals surface area contributed by atoms with Gasteiger partial charge in [-0.05, 0) is 39.1 Å². The van der Waals surface area contributed by atoms with E-state index in [1.54, 1.807) is 13.2 Å². The Hall–Kier alpha value is -1.13. The van der Waals surface area contributed by atoms with Gasteiger partial charge in [-0.3, -0.25) is 4.79 Å². The lowest BCUT2D eigenvalue weighted by Crippen LogP contribution is -2.32. The number of rotatable bonds is 3. The molecule has 3 nitrogen and oxygen atoms in total. The third-order valence-corrected chi connectivity index (χ3v) is 3.38. The SMILES string of the molecule is COc1ccc(F)c2c1CCC(CN(C)C)C2=O.Cl. The van der Waals surface area contributed by atoms with E-state index in [2.05, 4.69) is 0 Å². The van der Waals surface area contributed by atoms with Crippen molar-refractivity contribution >= 4 is 18.2 Å². The Morgan fingerprint density at radius 1 is 1.42 bits per heavy atom. The summed E-state index contributed by atoms with van der Waals surface area (Å²) in [4.78, 5) is 14.3. The summed E-state index contributed by atoms with van der Waals surface area (Å²) in [6.07, 6.45) is 1.45. The van der Waals surface area contributed by atoms with Crippen LogP contribution in [0.5, 0.6) is 5.75 Å². The fraction of sp³-hybridized carbons (Fsp3) is 0.500. The zero-order valence-electron chi connectivity index (χ0n) is 11.4. The number of benzene rings is 1. The van der Waals surface area contributed by atoms with Crippen molar-refractivity contribution in [3.8, 4) is 5.75 Å². The van der Waals surface area contributed by atoms with E-state index in [0.717, 1.165) is 12.0 Å². The predicted octanol–water partition coefficient (Wildman–Crippen LogP) is 2.56. The topological polar surface area (TPSA) is 29.5 Å². The number of ketones is 1. The fourth-order valence-corrected chi connectivity index (χ4v) is 2.57. The lowest BCUT2D eigenvalue weighted by Gasteiger charge is -2.27. The van der Waals surface area contributed by atoms with Gasteiger partial charge in [-0.15, -0.1) is 12.4 Å². The number of Topliss-reactive ketones (excluding diaryl/α,β-unsaturated/α-hetero) is 1. The van der Waals surface area contributed by atoms with Gasteiger partial charge in [0.05, 0.1) is 12.7 Å². The molecule has 1 aliphatic rings. The van der Waals surface area contributed by atoms with Crippen molar-refractivity contribution in [3.63, 3.8) is 0 Å². The second kappa shape index (κ2) is 6.35. The highest BCUT2D eigenvalue weighted by molar-refractivity contribution is 6.01. The van der Waals surface area contributed by atoms with Crippen LogP contribution < -0.4 is 4.74 Å². The summed E-state index contributed by atoms with van der Waals surface area (Å²) < 4.78 is 19.1. The summed E-state index contributed by atoms with van der Waals surface area (Å²) in [7, 11) is 5.39. The van der Waals surface area contributed by atoms with Crippen LogP contribution in [0.4, 0.5) is 4.39 Å². The molecule has 0 bridgehead atoms. The molecule has 0 heterocycles. The van der Waals surface area contributed by atoms with Crippen LogP contribution in [0.3, 0.4) is 0 Å². The van der Waals surface area contributed by atoms with E-state index >= 15 is 0 Å². The summed E-state index contributed by atoms with van der Waals surface area (Å²) in [5, 5.41) is 0. The number of methoxy groups -OCH3 is 1. The van der Waals surface area contributed by atoms with E-state index in [1.807, 2.05) is 19.0 Å². The minimum Gasteiger partial charge on any atom is -0.496 e. The molecule has 2 rings (SSSR count). The van der Waals surface area contributed by atoms with Gasteiger partial charge in [0.2, 0.25) is 0 Å². The quantitative estimate of drug-likeness (QED) is 0.856. The molecule has 0 aliphatic heterocycles. The number of hydrogen-bond acceptors (Lipinski definition) is 3. The largest absolute Gasteiger partial charge is 0.496 e. The van der Waals surface area contributed by atoms with Crippen LogP contribution in [0.1, 0.15) is 22.3 Å². The molecule has 1 aromatic carbocycles. The highest BCUT2D eigenvalue weighted by Crippen LogP contribution is 2.33.